The van der Waals surface area contributed by atoms with E-state index in [0.29, 0.717) is 25.3 Å². The zero-order valence-corrected chi connectivity index (χ0v) is 12.6. The number of halogens is 1. The molecule has 0 N–H and O–H groups in total. The van der Waals surface area contributed by atoms with Gasteiger partial charge in [0.25, 0.3) is 5.82 Å². The molecule has 2 atom stereocenters. The number of hydrogen-bond acceptors (Lipinski definition) is 2. The average molecular weight is 291 g/mol. The molecule has 0 radical (unpaired) electrons. The van der Waals surface area contributed by atoms with Gasteiger partial charge in [0.15, 0.2) is 17.0 Å². The van der Waals surface area contributed by atoms with Gasteiger partial charge < -0.3 is 4.74 Å². The first-order valence-corrected chi connectivity index (χ1v) is 7.32. The highest BCUT2D eigenvalue weighted by Crippen LogP contribution is 2.40. The first-order chi connectivity index (χ1) is 9.97. The second kappa shape index (κ2) is 4.83. The normalized spacial score (nSPS) is 24.9. The van der Waals surface area contributed by atoms with Gasteiger partial charge in [-0.25, -0.2) is 4.57 Å². The molecule has 1 aromatic heterocycles. The minimum absolute atomic E-state index is 0.271. The molecule has 0 spiro atoms. The van der Waals surface area contributed by atoms with E-state index in [0.717, 1.165) is 11.0 Å². The molecule has 1 aliphatic heterocycles. The number of carbonyl (C=O) groups excluding carboxylic acids is 1. The largest absolute Gasteiger partial charge is 0.465 e. The first kappa shape index (κ1) is 14.0. The number of alkyl halides is 1. The fourth-order valence-electron chi connectivity index (χ4n) is 3.33. The lowest BCUT2D eigenvalue weighted by atomic mass is 9.93. The molecule has 0 amide bonds. The van der Waals surface area contributed by atoms with Crippen LogP contribution in [0, 0.1) is 0 Å². The monoisotopic (exact) mass is 291 g/mol. The maximum Gasteiger partial charge on any atom is 0.321 e. The van der Waals surface area contributed by atoms with Gasteiger partial charge in [0.2, 0.25) is 5.79 Å². The van der Waals surface area contributed by atoms with Gasteiger partial charge in [-0.05, 0) is 25.5 Å². The van der Waals surface area contributed by atoms with E-state index in [1.807, 2.05) is 35.9 Å². The van der Waals surface area contributed by atoms with Crippen molar-refractivity contribution >= 4 is 17.0 Å². The fraction of sp³-hybridized carbons (Fsp3) is 0.500. The van der Waals surface area contributed by atoms with Crippen LogP contribution in [0.5, 0.6) is 0 Å². The molecule has 21 heavy (non-hydrogen) atoms. The van der Waals surface area contributed by atoms with E-state index >= 15 is 4.39 Å². The van der Waals surface area contributed by atoms with Gasteiger partial charge in [-0.1, -0.05) is 12.1 Å². The lowest BCUT2D eigenvalue weighted by Crippen LogP contribution is -2.44. The van der Waals surface area contributed by atoms with Crippen LogP contribution in [0.4, 0.5) is 4.39 Å². The van der Waals surface area contributed by atoms with Crippen molar-refractivity contribution in [1.82, 2.24) is 4.57 Å². The van der Waals surface area contributed by atoms with Gasteiger partial charge in [-0.2, -0.15) is 8.96 Å². The Morgan fingerprint density at radius 1 is 1.52 bits per heavy atom. The van der Waals surface area contributed by atoms with Crippen molar-refractivity contribution in [2.45, 2.75) is 38.4 Å². The summed E-state index contributed by atoms with van der Waals surface area (Å²) >= 11 is 0. The summed E-state index contributed by atoms with van der Waals surface area (Å²) in [7, 11) is 1.88. The number of nitrogens with zero attached hydrogens (tertiary/aromatic N) is 2. The average Bonchev–Trinajstić information content (AvgIpc) is 2.75. The molecule has 2 unspecified atom stereocenters. The van der Waals surface area contributed by atoms with Crippen molar-refractivity contribution in [3.63, 3.8) is 0 Å². The van der Waals surface area contributed by atoms with Crippen LogP contribution in [0.2, 0.25) is 0 Å². The molecule has 0 bridgehead atoms. The number of fused-ring (bicyclic) bond motifs is 3. The Bertz CT molecular complexity index is 706. The number of hydrogen-bond donors (Lipinski definition) is 0. The van der Waals surface area contributed by atoms with Crippen LogP contribution >= 0.6 is 0 Å². The summed E-state index contributed by atoms with van der Waals surface area (Å²) in [6.07, 6.45) is 0.776. The Kier molecular flexibility index (Phi) is 3.23. The van der Waals surface area contributed by atoms with Crippen LogP contribution in [-0.4, -0.2) is 17.1 Å². The molecule has 0 aliphatic carbocycles. The molecular formula is C16H20FN2O2+. The highest BCUT2D eigenvalue weighted by Gasteiger charge is 2.48. The highest BCUT2D eigenvalue weighted by atomic mass is 19.1. The number of para-hydroxylation sites is 2. The number of esters is 1. The zero-order valence-electron chi connectivity index (χ0n) is 12.6. The number of aryl methyl sites for hydroxylation is 1. The third-order valence-corrected chi connectivity index (χ3v) is 4.30. The van der Waals surface area contributed by atoms with Gasteiger partial charge in [0.05, 0.1) is 13.7 Å². The summed E-state index contributed by atoms with van der Waals surface area (Å²) in [5, 5.41) is 0. The third kappa shape index (κ3) is 2.03. The summed E-state index contributed by atoms with van der Waals surface area (Å²) in [4.78, 5) is 12.2. The van der Waals surface area contributed by atoms with Crippen LogP contribution in [0.25, 0.3) is 11.0 Å². The lowest BCUT2D eigenvalue weighted by molar-refractivity contribution is -0.656. The van der Waals surface area contributed by atoms with Crippen molar-refractivity contribution in [3.8, 4) is 0 Å². The molecule has 1 aliphatic rings. The molecule has 4 nitrogen and oxygen atoms in total. The van der Waals surface area contributed by atoms with Gasteiger partial charge >= 0.3 is 5.97 Å². The Morgan fingerprint density at radius 3 is 2.95 bits per heavy atom. The van der Waals surface area contributed by atoms with Crippen molar-refractivity contribution in [2.75, 3.05) is 6.61 Å². The minimum atomic E-state index is -1.49. The Balaban J connectivity index is 2.26. The maximum atomic E-state index is 15.0. The summed E-state index contributed by atoms with van der Waals surface area (Å²) in [5.74, 6) is -1.48. The topological polar surface area (TPSA) is 35.1 Å². The molecule has 1 aromatic carbocycles. The van der Waals surface area contributed by atoms with E-state index in [1.54, 1.807) is 18.4 Å². The number of aromatic nitrogens is 2. The van der Waals surface area contributed by atoms with Crippen LogP contribution in [0.1, 0.15) is 38.4 Å². The Labute approximate surface area is 123 Å². The third-order valence-electron chi connectivity index (χ3n) is 4.30. The Morgan fingerprint density at radius 2 is 2.24 bits per heavy atom. The van der Waals surface area contributed by atoms with Crippen LogP contribution < -0.4 is 4.57 Å². The van der Waals surface area contributed by atoms with Gasteiger partial charge in [0, 0.05) is 13.3 Å². The summed E-state index contributed by atoms with van der Waals surface area (Å²) in [6.45, 7) is 3.70. The van der Waals surface area contributed by atoms with E-state index in [1.165, 1.54) is 0 Å². The molecule has 0 saturated heterocycles. The van der Waals surface area contributed by atoms with E-state index in [9.17, 15) is 4.79 Å². The molecule has 0 saturated carbocycles. The fourth-order valence-corrected chi connectivity index (χ4v) is 3.33. The van der Waals surface area contributed by atoms with Crippen molar-refractivity contribution in [2.24, 2.45) is 7.05 Å². The lowest BCUT2D eigenvalue weighted by Gasteiger charge is -2.27. The smallest absolute Gasteiger partial charge is 0.321 e. The number of imidazole rings is 1. The quantitative estimate of drug-likeness (QED) is 0.629. The Hall–Kier alpha value is -1.91. The predicted octanol–water partition coefficient (Wildman–Crippen LogP) is 2.55. The predicted molar refractivity (Wildman–Crippen MR) is 76.5 cm³/mol. The SMILES string of the molecule is CCOC(=O)C1CCC(C)(F)n2c1[n+](C)c1ccccc12. The first-order valence-electron chi connectivity index (χ1n) is 7.32. The number of carbonyl (C=O) groups is 1. The van der Waals surface area contributed by atoms with Crippen molar-refractivity contribution in [3.05, 3.63) is 30.1 Å². The molecule has 2 heterocycles. The van der Waals surface area contributed by atoms with Gasteiger partial charge in [-0.3, -0.25) is 4.79 Å². The van der Waals surface area contributed by atoms with Crippen LogP contribution in [0.3, 0.4) is 0 Å². The molecular weight excluding hydrogens is 271 g/mol. The number of benzene rings is 1. The highest BCUT2D eigenvalue weighted by molar-refractivity contribution is 5.79. The van der Waals surface area contributed by atoms with E-state index < -0.39 is 11.7 Å². The van der Waals surface area contributed by atoms with Gasteiger partial charge in [-0.15, -0.1) is 0 Å². The molecule has 112 valence electrons. The van der Waals surface area contributed by atoms with Gasteiger partial charge in [0.1, 0.15) is 0 Å². The summed E-state index contributed by atoms with van der Waals surface area (Å²) in [6, 6.07) is 7.64. The van der Waals surface area contributed by atoms with Crippen LogP contribution in [0.15, 0.2) is 24.3 Å². The standard InChI is InChI=1S/C16H20FN2O2/c1-4-21-15(20)11-9-10-16(2,17)19-13-8-6-5-7-12(13)18(3)14(11)19/h5-8,11H,4,9-10H2,1-3H3/q+1. The zero-order chi connectivity index (χ0) is 15.2. The van der Waals surface area contributed by atoms with Crippen LogP contribution in [-0.2, 0) is 22.4 Å². The molecule has 5 heteroatoms. The van der Waals surface area contributed by atoms with Crippen molar-refractivity contribution in [1.29, 1.82) is 0 Å². The summed E-state index contributed by atoms with van der Waals surface area (Å²) in [5.41, 5.74) is 1.74. The number of ether oxygens (including phenoxy) is 1. The molecule has 0 fully saturated rings. The second-order valence-electron chi connectivity index (χ2n) is 5.73. The van der Waals surface area contributed by atoms with Crippen molar-refractivity contribution < 1.29 is 18.5 Å². The van der Waals surface area contributed by atoms with E-state index in [4.69, 9.17) is 4.74 Å². The summed E-state index contributed by atoms with van der Waals surface area (Å²) < 4.78 is 23.8. The van der Waals surface area contributed by atoms with E-state index in [2.05, 4.69) is 0 Å². The maximum absolute atomic E-state index is 15.0. The number of rotatable bonds is 2. The minimum Gasteiger partial charge on any atom is -0.465 e. The van der Waals surface area contributed by atoms with E-state index in [-0.39, 0.29) is 5.97 Å². The second-order valence-corrected chi connectivity index (χ2v) is 5.73. The molecule has 2 aromatic rings. The molecule has 3 rings (SSSR count).